The summed E-state index contributed by atoms with van der Waals surface area (Å²) >= 11 is 2.97. The molecule has 4 amide bonds. The molecular weight excluding hydrogens is 500 g/mol. The van der Waals surface area contributed by atoms with Gasteiger partial charge < -0.3 is 30.5 Å². The molecule has 0 bridgehead atoms. The topological polar surface area (TPSA) is 163 Å². The number of carbonyl (C=O) groups is 5. The van der Waals surface area contributed by atoms with Gasteiger partial charge in [-0.05, 0) is 37.1 Å². The fourth-order valence-corrected chi connectivity index (χ4v) is 4.67. The minimum Gasteiger partial charge on any atom is -0.480 e. The van der Waals surface area contributed by atoms with Crippen molar-refractivity contribution in [1.29, 1.82) is 0 Å². The Morgan fingerprint density at radius 3 is 2.57 bits per heavy atom. The van der Waals surface area contributed by atoms with Crippen LogP contribution >= 0.6 is 23.5 Å². The summed E-state index contributed by atoms with van der Waals surface area (Å²) in [4.78, 5) is 60.4. The molecule has 0 saturated carbocycles. The standard InChI is InChI=1S/C21H36N4O8S2/c1-32-10-11-33-21(31)24-8-7-23-17(26)4-9-25-18(27)14-16(19(25)28)35-12-3-6-22-15(20(29)30)5-13-34-2/h15-16,22H,3-14H2,1-2H3,(H,23,26)(H,24,31)(H,29,30)/t15-,16?/m0/s1. The van der Waals surface area contributed by atoms with Crippen LogP contribution in [0.3, 0.4) is 0 Å². The van der Waals surface area contributed by atoms with Crippen LogP contribution in [0.15, 0.2) is 0 Å². The molecule has 1 aliphatic rings. The van der Waals surface area contributed by atoms with Gasteiger partial charge in [0.25, 0.3) is 0 Å². The summed E-state index contributed by atoms with van der Waals surface area (Å²) in [6, 6.07) is -0.589. The maximum Gasteiger partial charge on any atom is 0.407 e. The van der Waals surface area contributed by atoms with Crippen molar-refractivity contribution < 1.29 is 38.6 Å². The van der Waals surface area contributed by atoms with Gasteiger partial charge in [-0.25, -0.2) is 4.79 Å². The first-order valence-electron chi connectivity index (χ1n) is 11.4. The second-order valence-corrected chi connectivity index (χ2v) is 9.88. The number of carbonyl (C=O) groups excluding carboxylic acids is 4. The normalized spacial score (nSPS) is 16.3. The van der Waals surface area contributed by atoms with E-state index in [4.69, 9.17) is 9.47 Å². The lowest BCUT2D eigenvalue weighted by Gasteiger charge is -2.15. The van der Waals surface area contributed by atoms with Crippen LogP contribution in [0.4, 0.5) is 4.79 Å². The molecule has 1 fully saturated rings. The first kappa shape index (κ1) is 31.0. The number of likely N-dealkylation sites (tertiary alicyclic amines) is 1. The number of thioether (sulfide) groups is 2. The fraction of sp³-hybridized carbons (Fsp3) is 0.762. The SMILES string of the molecule is COCCOC(=O)NCCNC(=O)CCN1C(=O)CC(SCCCN[C@@H](CCSC)C(=O)O)C1=O. The van der Waals surface area contributed by atoms with E-state index in [2.05, 4.69) is 16.0 Å². The predicted molar refractivity (Wildman–Crippen MR) is 133 cm³/mol. The summed E-state index contributed by atoms with van der Waals surface area (Å²) in [5.41, 5.74) is 0. The van der Waals surface area contributed by atoms with Gasteiger partial charge in [0.1, 0.15) is 12.6 Å². The maximum atomic E-state index is 12.5. The van der Waals surface area contributed by atoms with Crippen molar-refractivity contribution in [3.05, 3.63) is 0 Å². The van der Waals surface area contributed by atoms with Crippen LogP contribution < -0.4 is 16.0 Å². The molecule has 1 heterocycles. The molecule has 200 valence electrons. The molecule has 1 unspecified atom stereocenters. The molecule has 12 nitrogen and oxygen atoms in total. The molecule has 35 heavy (non-hydrogen) atoms. The van der Waals surface area contributed by atoms with Crippen molar-refractivity contribution in [3.8, 4) is 0 Å². The van der Waals surface area contributed by atoms with Gasteiger partial charge in [-0.1, -0.05) is 0 Å². The zero-order valence-electron chi connectivity index (χ0n) is 20.2. The van der Waals surface area contributed by atoms with E-state index < -0.39 is 23.4 Å². The zero-order chi connectivity index (χ0) is 26.1. The molecule has 0 aromatic rings. The minimum absolute atomic E-state index is 0.00430. The van der Waals surface area contributed by atoms with Crippen molar-refractivity contribution in [2.45, 2.75) is 37.0 Å². The molecule has 0 aromatic heterocycles. The van der Waals surface area contributed by atoms with Gasteiger partial charge in [-0.3, -0.25) is 24.1 Å². The summed E-state index contributed by atoms with van der Waals surface area (Å²) < 4.78 is 9.57. The quantitative estimate of drug-likeness (QED) is 0.129. The van der Waals surface area contributed by atoms with Crippen LogP contribution in [-0.4, -0.2) is 115 Å². The number of nitrogens with one attached hydrogen (secondary N) is 3. The third kappa shape index (κ3) is 13.0. The van der Waals surface area contributed by atoms with Gasteiger partial charge >= 0.3 is 12.1 Å². The first-order valence-corrected chi connectivity index (χ1v) is 13.8. The smallest absolute Gasteiger partial charge is 0.407 e. The Bertz CT molecular complexity index is 713. The molecule has 0 spiro atoms. The predicted octanol–water partition coefficient (Wildman–Crippen LogP) is -0.0880. The van der Waals surface area contributed by atoms with E-state index in [1.807, 2.05) is 6.26 Å². The maximum absolute atomic E-state index is 12.5. The Balaban J connectivity index is 2.21. The van der Waals surface area contributed by atoms with Crippen LogP contribution in [0.2, 0.25) is 0 Å². The van der Waals surface area contributed by atoms with Gasteiger partial charge in [0.15, 0.2) is 0 Å². The highest BCUT2D eigenvalue weighted by atomic mass is 32.2. The molecule has 0 aromatic carbocycles. The average Bonchev–Trinajstić information content (AvgIpc) is 3.09. The Labute approximate surface area is 214 Å². The number of hydrogen-bond donors (Lipinski definition) is 4. The fourth-order valence-electron chi connectivity index (χ4n) is 3.08. The number of aliphatic carboxylic acids is 1. The van der Waals surface area contributed by atoms with Gasteiger partial charge in [0.2, 0.25) is 17.7 Å². The Hall–Kier alpha value is -2.03. The van der Waals surface area contributed by atoms with Crippen molar-refractivity contribution in [2.24, 2.45) is 0 Å². The summed E-state index contributed by atoms with van der Waals surface area (Å²) in [7, 11) is 1.49. The lowest BCUT2D eigenvalue weighted by Crippen LogP contribution is -2.38. The third-order valence-corrected chi connectivity index (χ3v) is 6.88. The third-order valence-electron chi connectivity index (χ3n) is 4.94. The highest BCUT2D eigenvalue weighted by molar-refractivity contribution is 8.00. The Kier molecular flexibility index (Phi) is 16.2. The van der Waals surface area contributed by atoms with Crippen LogP contribution in [0.5, 0.6) is 0 Å². The van der Waals surface area contributed by atoms with E-state index in [1.165, 1.54) is 18.9 Å². The second kappa shape index (κ2) is 18.3. The number of carboxylic acids is 1. The van der Waals surface area contributed by atoms with Gasteiger partial charge in [0, 0.05) is 39.6 Å². The number of hydrogen-bond acceptors (Lipinski definition) is 10. The summed E-state index contributed by atoms with van der Waals surface area (Å²) in [6.45, 7) is 1.30. The van der Waals surface area contributed by atoms with Crippen molar-refractivity contribution in [3.63, 3.8) is 0 Å². The van der Waals surface area contributed by atoms with E-state index in [1.54, 1.807) is 11.8 Å². The number of alkyl carbamates (subject to hydrolysis) is 1. The van der Waals surface area contributed by atoms with Crippen molar-refractivity contribution >= 4 is 53.3 Å². The van der Waals surface area contributed by atoms with Crippen molar-refractivity contribution in [1.82, 2.24) is 20.9 Å². The van der Waals surface area contributed by atoms with Gasteiger partial charge in [-0.2, -0.15) is 11.8 Å². The summed E-state index contributed by atoms with van der Waals surface area (Å²) in [5.74, 6) is -0.449. The molecule has 1 aliphatic heterocycles. The van der Waals surface area contributed by atoms with E-state index in [-0.39, 0.29) is 56.8 Å². The molecule has 14 heteroatoms. The van der Waals surface area contributed by atoms with E-state index in [9.17, 15) is 29.1 Å². The Morgan fingerprint density at radius 2 is 1.89 bits per heavy atom. The second-order valence-electron chi connectivity index (χ2n) is 7.58. The average molecular weight is 537 g/mol. The minimum atomic E-state index is -0.875. The van der Waals surface area contributed by atoms with Crippen LogP contribution in [0.1, 0.15) is 25.7 Å². The van der Waals surface area contributed by atoms with Crippen LogP contribution in [0, 0.1) is 0 Å². The highest BCUT2D eigenvalue weighted by Crippen LogP contribution is 2.25. The molecule has 1 saturated heterocycles. The first-order chi connectivity index (χ1) is 16.8. The van der Waals surface area contributed by atoms with E-state index in [0.29, 0.717) is 31.7 Å². The molecule has 0 radical (unpaired) electrons. The molecule has 4 N–H and O–H groups in total. The van der Waals surface area contributed by atoms with Gasteiger partial charge in [-0.15, -0.1) is 11.8 Å². The van der Waals surface area contributed by atoms with Gasteiger partial charge in [0.05, 0.1) is 11.9 Å². The van der Waals surface area contributed by atoms with Crippen LogP contribution in [-0.2, 0) is 28.7 Å². The lowest BCUT2D eigenvalue weighted by molar-refractivity contribution is -0.140. The number of ether oxygens (including phenoxy) is 2. The molecule has 0 aliphatic carbocycles. The zero-order valence-corrected chi connectivity index (χ0v) is 21.8. The largest absolute Gasteiger partial charge is 0.480 e. The molecular formula is C21H36N4O8S2. The summed E-state index contributed by atoms with van der Waals surface area (Å²) in [6.07, 6.45) is 2.60. The number of nitrogens with zero attached hydrogens (tertiary/aromatic N) is 1. The lowest BCUT2D eigenvalue weighted by atomic mass is 10.2. The molecule has 1 rings (SSSR count). The number of rotatable bonds is 19. The number of imide groups is 1. The van der Waals surface area contributed by atoms with E-state index >= 15 is 0 Å². The summed E-state index contributed by atoms with van der Waals surface area (Å²) in [5, 5.41) is 16.8. The monoisotopic (exact) mass is 536 g/mol. The Morgan fingerprint density at radius 1 is 1.14 bits per heavy atom. The van der Waals surface area contributed by atoms with E-state index in [0.717, 1.165) is 10.7 Å². The van der Waals surface area contributed by atoms with Crippen LogP contribution in [0.25, 0.3) is 0 Å². The highest BCUT2D eigenvalue weighted by Gasteiger charge is 2.38. The van der Waals surface area contributed by atoms with Crippen molar-refractivity contribution in [2.75, 3.05) is 64.3 Å². The number of methoxy groups -OCH3 is 1. The molecule has 2 atom stereocenters. The number of carboxylic acid groups (broad SMARTS) is 1. The number of amides is 4.